The topological polar surface area (TPSA) is 112 Å². The number of amides is 1. The van der Waals surface area contributed by atoms with Crippen molar-refractivity contribution in [2.24, 2.45) is 0 Å². The predicted octanol–water partition coefficient (Wildman–Crippen LogP) is 4.28. The monoisotopic (exact) mass is 497 g/mol. The smallest absolute Gasteiger partial charge is 0.261 e. The molecule has 0 aliphatic carbocycles. The fourth-order valence-electron chi connectivity index (χ4n) is 3.36. The lowest BCUT2D eigenvalue weighted by molar-refractivity contribution is 0.102. The highest BCUT2D eigenvalue weighted by molar-refractivity contribution is 6.04. The van der Waals surface area contributed by atoms with Crippen LogP contribution in [0.4, 0.5) is 14.5 Å². The number of rotatable bonds is 9. The van der Waals surface area contributed by atoms with Crippen LogP contribution in [0.5, 0.6) is 23.0 Å². The van der Waals surface area contributed by atoms with E-state index in [-0.39, 0.29) is 23.6 Å². The maximum absolute atomic E-state index is 14.9. The third-order valence-electron chi connectivity index (χ3n) is 5.07. The minimum atomic E-state index is -1.07. The van der Waals surface area contributed by atoms with Gasteiger partial charge in [0.15, 0.2) is 34.3 Å². The van der Waals surface area contributed by atoms with Crippen LogP contribution in [0.3, 0.4) is 0 Å². The van der Waals surface area contributed by atoms with Crippen molar-refractivity contribution in [2.75, 3.05) is 32.8 Å². The second-order valence-electron chi connectivity index (χ2n) is 7.42. The minimum Gasteiger partial charge on any atom is -0.493 e. The molecule has 0 aliphatic rings. The fourth-order valence-corrected chi connectivity index (χ4v) is 3.36. The number of ether oxygens (including phenoxy) is 4. The van der Waals surface area contributed by atoms with Crippen LogP contribution in [0.2, 0.25) is 0 Å². The van der Waals surface area contributed by atoms with Crippen molar-refractivity contribution in [3.63, 3.8) is 0 Å². The maximum Gasteiger partial charge on any atom is 0.261 e. The fraction of sp³-hybridized carbons (Fsp3) is 0.160. The van der Waals surface area contributed by atoms with Crippen LogP contribution in [0.15, 0.2) is 59.8 Å². The SMILES string of the molecule is COCCOc1cc2nccc(Oc3c(F)cc(NC(=O)c4c[nH]ccc4=O)cc3F)c2cc1OC. The molecule has 2 heterocycles. The molecule has 186 valence electrons. The van der Waals surface area contributed by atoms with Crippen LogP contribution in [0.25, 0.3) is 10.9 Å². The van der Waals surface area contributed by atoms with Gasteiger partial charge >= 0.3 is 0 Å². The van der Waals surface area contributed by atoms with Gasteiger partial charge in [0.25, 0.3) is 5.91 Å². The molecular weight excluding hydrogens is 476 g/mol. The lowest BCUT2D eigenvalue weighted by Gasteiger charge is -2.15. The molecule has 4 aromatic rings. The number of H-pyrrole nitrogens is 1. The molecule has 0 spiro atoms. The van der Waals surface area contributed by atoms with E-state index in [1.165, 1.54) is 31.8 Å². The zero-order chi connectivity index (χ0) is 25.7. The van der Waals surface area contributed by atoms with Gasteiger partial charge in [0, 0.05) is 61.0 Å². The first kappa shape index (κ1) is 24.6. The Kier molecular flexibility index (Phi) is 7.40. The van der Waals surface area contributed by atoms with Gasteiger partial charge in [0.2, 0.25) is 0 Å². The number of halogens is 2. The first-order valence-corrected chi connectivity index (χ1v) is 10.6. The van der Waals surface area contributed by atoms with Gasteiger partial charge in [-0.1, -0.05) is 0 Å². The lowest BCUT2D eigenvalue weighted by Crippen LogP contribution is -2.21. The van der Waals surface area contributed by atoms with Crippen LogP contribution in [-0.2, 0) is 4.74 Å². The van der Waals surface area contributed by atoms with E-state index in [0.29, 0.717) is 29.0 Å². The summed E-state index contributed by atoms with van der Waals surface area (Å²) in [4.78, 5) is 31.0. The summed E-state index contributed by atoms with van der Waals surface area (Å²) in [5.41, 5.74) is -0.496. The second-order valence-corrected chi connectivity index (χ2v) is 7.42. The van der Waals surface area contributed by atoms with Gasteiger partial charge in [-0.05, 0) is 12.1 Å². The van der Waals surface area contributed by atoms with Crippen LogP contribution in [-0.4, -0.2) is 43.3 Å². The molecule has 0 saturated heterocycles. The number of hydrogen-bond acceptors (Lipinski definition) is 7. The molecule has 0 fully saturated rings. The van der Waals surface area contributed by atoms with Crippen molar-refractivity contribution < 1.29 is 32.5 Å². The zero-order valence-corrected chi connectivity index (χ0v) is 19.3. The standard InChI is InChI=1S/C25H21F2N3O6/c1-33-7-8-35-23-12-19-15(11-22(23)34-2)21(4-6-29-19)36-24-17(26)9-14(10-18(24)27)30-25(32)16-13-28-5-3-20(16)31/h3-6,9-13H,7-8H2,1-2H3,(H,28,31)(H,30,32). The summed E-state index contributed by atoms with van der Waals surface area (Å²) < 4.78 is 51.3. The van der Waals surface area contributed by atoms with Gasteiger partial charge in [0.05, 0.1) is 19.2 Å². The lowest BCUT2D eigenvalue weighted by atomic mass is 10.1. The van der Waals surface area contributed by atoms with E-state index in [9.17, 15) is 18.4 Å². The number of benzene rings is 2. The largest absolute Gasteiger partial charge is 0.493 e. The van der Waals surface area contributed by atoms with Gasteiger partial charge in [-0.15, -0.1) is 0 Å². The molecule has 1 amide bonds. The average Bonchev–Trinajstić information content (AvgIpc) is 2.86. The van der Waals surface area contributed by atoms with Gasteiger partial charge < -0.3 is 29.2 Å². The molecular formula is C25H21F2N3O6. The number of fused-ring (bicyclic) bond motifs is 1. The number of nitrogens with one attached hydrogen (secondary N) is 2. The molecule has 0 unspecified atom stereocenters. The Morgan fingerprint density at radius 2 is 1.81 bits per heavy atom. The number of anilines is 1. The number of pyridine rings is 2. The van der Waals surface area contributed by atoms with Crippen molar-refractivity contribution in [1.82, 2.24) is 9.97 Å². The summed E-state index contributed by atoms with van der Waals surface area (Å²) in [5.74, 6) is -2.73. The molecule has 9 nitrogen and oxygen atoms in total. The number of aromatic nitrogens is 2. The molecule has 0 bridgehead atoms. The molecule has 36 heavy (non-hydrogen) atoms. The van der Waals surface area contributed by atoms with E-state index >= 15 is 0 Å². The zero-order valence-electron chi connectivity index (χ0n) is 19.3. The molecule has 0 atom stereocenters. The van der Waals surface area contributed by atoms with E-state index in [1.807, 2.05) is 0 Å². The molecule has 2 N–H and O–H groups in total. The maximum atomic E-state index is 14.9. The summed E-state index contributed by atoms with van der Waals surface area (Å²) in [6.45, 7) is 0.654. The Morgan fingerprint density at radius 1 is 1.03 bits per heavy atom. The minimum absolute atomic E-state index is 0.118. The van der Waals surface area contributed by atoms with E-state index in [1.54, 1.807) is 19.2 Å². The van der Waals surface area contributed by atoms with Crippen LogP contribution in [0.1, 0.15) is 10.4 Å². The number of hydrogen-bond donors (Lipinski definition) is 2. The average molecular weight is 497 g/mol. The summed E-state index contributed by atoms with van der Waals surface area (Å²) in [5, 5.41) is 2.72. The van der Waals surface area contributed by atoms with Gasteiger partial charge in [-0.2, -0.15) is 0 Å². The summed E-state index contributed by atoms with van der Waals surface area (Å²) in [6.07, 6.45) is 3.97. The normalized spacial score (nSPS) is 10.8. The number of carbonyl (C=O) groups is 1. The Labute approximate surface area is 203 Å². The third kappa shape index (κ3) is 5.26. The third-order valence-corrected chi connectivity index (χ3v) is 5.07. The van der Waals surface area contributed by atoms with Crippen molar-refractivity contribution in [1.29, 1.82) is 0 Å². The Balaban J connectivity index is 1.62. The van der Waals surface area contributed by atoms with E-state index in [4.69, 9.17) is 18.9 Å². The highest BCUT2D eigenvalue weighted by atomic mass is 19.1. The summed E-state index contributed by atoms with van der Waals surface area (Å²) >= 11 is 0. The van der Waals surface area contributed by atoms with E-state index < -0.39 is 28.7 Å². The number of nitrogens with zero attached hydrogens (tertiary/aromatic N) is 1. The van der Waals surface area contributed by atoms with Crippen LogP contribution >= 0.6 is 0 Å². The number of aromatic amines is 1. The van der Waals surface area contributed by atoms with Crippen molar-refractivity contribution in [3.8, 4) is 23.0 Å². The predicted molar refractivity (Wildman–Crippen MR) is 127 cm³/mol. The molecule has 0 saturated carbocycles. The van der Waals surface area contributed by atoms with Gasteiger partial charge in [-0.3, -0.25) is 14.6 Å². The highest BCUT2D eigenvalue weighted by Gasteiger charge is 2.19. The van der Waals surface area contributed by atoms with Crippen LogP contribution < -0.4 is 25.0 Å². The first-order chi connectivity index (χ1) is 17.4. The molecule has 11 heteroatoms. The number of methoxy groups -OCH3 is 2. The molecule has 4 rings (SSSR count). The van der Waals surface area contributed by atoms with E-state index in [2.05, 4.69) is 15.3 Å². The quantitative estimate of drug-likeness (QED) is 0.332. The molecule has 0 radical (unpaired) electrons. The van der Waals surface area contributed by atoms with Gasteiger partial charge in [0.1, 0.15) is 17.9 Å². The molecule has 2 aromatic carbocycles. The Morgan fingerprint density at radius 3 is 2.50 bits per heavy atom. The Hall–Kier alpha value is -4.51. The van der Waals surface area contributed by atoms with Crippen LogP contribution in [0, 0.1) is 11.6 Å². The number of carbonyl (C=O) groups excluding carboxylic acids is 1. The van der Waals surface area contributed by atoms with Gasteiger partial charge in [-0.25, -0.2) is 8.78 Å². The molecule has 0 aliphatic heterocycles. The Bertz CT molecular complexity index is 1450. The van der Waals surface area contributed by atoms with E-state index in [0.717, 1.165) is 18.2 Å². The van der Waals surface area contributed by atoms with Crippen molar-refractivity contribution in [3.05, 3.63) is 82.4 Å². The summed E-state index contributed by atoms with van der Waals surface area (Å²) in [6, 6.07) is 7.59. The van der Waals surface area contributed by atoms with Crippen molar-refractivity contribution >= 4 is 22.5 Å². The van der Waals surface area contributed by atoms with Crippen molar-refractivity contribution in [2.45, 2.75) is 0 Å². The highest BCUT2D eigenvalue weighted by Crippen LogP contribution is 2.38. The molecule has 2 aromatic heterocycles. The summed E-state index contributed by atoms with van der Waals surface area (Å²) in [7, 11) is 3.01. The first-order valence-electron chi connectivity index (χ1n) is 10.6. The second kappa shape index (κ2) is 10.8.